The number of nitrogens with two attached hydrogens (primary N) is 1. The fourth-order valence-electron chi connectivity index (χ4n) is 0.877. The molecule has 0 aliphatic carbocycles. The Hall–Kier alpha value is -1.47. The van der Waals surface area contributed by atoms with Crippen molar-refractivity contribution in [3.05, 3.63) is 41.2 Å². The molecule has 1 rings (SSSR count). The molecule has 0 saturated heterocycles. The van der Waals surface area contributed by atoms with Crippen LogP contribution in [0, 0.1) is 12.0 Å². The van der Waals surface area contributed by atoms with Crippen molar-refractivity contribution in [1.82, 2.24) is 0 Å². The molecule has 0 aromatic heterocycles. The minimum absolute atomic E-state index is 0.105. The summed E-state index contributed by atoms with van der Waals surface area (Å²) >= 11 is 1.26. The molecule has 0 saturated carbocycles. The van der Waals surface area contributed by atoms with Crippen LogP contribution in [0.4, 0.5) is 5.69 Å². The molecule has 0 unspecified atom stereocenters. The van der Waals surface area contributed by atoms with Gasteiger partial charge >= 0.3 is 0 Å². The first kappa shape index (κ1) is 9.62. The molecule has 0 atom stereocenters. The zero-order valence-electron chi connectivity index (χ0n) is 6.95. The first-order valence-electron chi connectivity index (χ1n) is 3.65. The zero-order chi connectivity index (χ0) is 9.68. The maximum absolute atomic E-state index is 7.02. The third-order valence-electron chi connectivity index (χ3n) is 1.43. The van der Waals surface area contributed by atoms with Gasteiger partial charge in [-0.3, -0.25) is 5.41 Å². The molecule has 1 aromatic rings. The number of amidine groups is 1. The highest BCUT2D eigenvalue weighted by Gasteiger charge is 1.96. The van der Waals surface area contributed by atoms with Crippen molar-refractivity contribution in [3.8, 4) is 0 Å². The second-order valence-electron chi connectivity index (χ2n) is 2.43. The molecule has 0 heterocycles. The van der Waals surface area contributed by atoms with Crippen LogP contribution in [0.1, 0.15) is 5.56 Å². The topological polar surface area (TPSA) is 54.2 Å². The molecule has 3 N–H and O–H groups in total. The Labute approximate surface area is 81.3 Å². The predicted octanol–water partition coefficient (Wildman–Crippen LogP) is 2.36. The summed E-state index contributed by atoms with van der Waals surface area (Å²) in [5.41, 5.74) is 6.85. The summed E-state index contributed by atoms with van der Waals surface area (Å²) in [5, 5.41) is 7.13. The van der Waals surface area contributed by atoms with E-state index in [0.717, 1.165) is 5.56 Å². The Bertz CT molecular complexity index is 354. The minimum atomic E-state index is 0.105. The van der Waals surface area contributed by atoms with Gasteiger partial charge in [-0.2, -0.15) is 0 Å². The van der Waals surface area contributed by atoms with Gasteiger partial charge in [0.15, 0.2) is 10.9 Å². The predicted molar refractivity (Wildman–Crippen MR) is 55.9 cm³/mol. The number of rotatable bonds is 2. The average molecular weight is 191 g/mol. The van der Waals surface area contributed by atoms with E-state index in [0.29, 0.717) is 11.4 Å². The van der Waals surface area contributed by atoms with Gasteiger partial charge in [-0.15, -0.1) is 0 Å². The average Bonchev–Trinajstić information content (AvgIpc) is 2.15. The summed E-state index contributed by atoms with van der Waals surface area (Å²) in [7, 11) is 0. The van der Waals surface area contributed by atoms with E-state index in [4.69, 9.17) is 17.7 Å². The van der Waals surface area contributed by atoms with Gasteiger partial charge in [0.05, 0.1) is 6.57 Å². The van der Waals surface area contributed by atoms with Crippen LogP contribution in [0.15, 0.2) is 24.3 Å². The Morgan fingerprint density at radius 3 is 3.00 bits per heavy atom. The standard InChI is InChI=1S/C9H9N3S/c1-12-8-4-2-3-7(5-8)6-13-9(10)11/h2-5H,6H2,(H3,10,11). The Morgan fingerprint density at radius 1 is 1.62 bits per heavy atom. The first-order valence-corrected chi connectivity index (χ1v) is 4.64. The van der Waals surface area contributed by atoms with Gasteiger partial charge < -0.3 is 5.73 Å². The molecule has 0 aliphatic heterocycles. The summed E-state index contributed by atoms with van der Waals surface area (Å²) in [6.45, 7) is 6.81. The molecule has 0 amide bonds. The first-order chi connectivity index (χ1) is 6.22. The molecule has 0 spiro atoms. The van der Waals surface area contributed by atoms with E-state index in [9.17, 15) is 0 Å². The van der Waals surface area contributed by atoms with Gasteiger partial charge in [0.25, 0.3) is 0 Å². The molecule has 0 bridgehead atoms. The lowest BCUT2D eigenvalue weighted by Crippen LogP contribution is -2.03. The third-order valence-corrected chi connectivity index (χ3v) is 2.22. The quantitative estimate of drug-likeness (QED) is 0.428. The fraction of sp³-hybridized carbons (Fsp3) is 0.111. The normalized spacial score (nSPS) is 9.15. The number of nitrogens with zero attached hydrogens (tertiary/aromatic N) is 1. The van der Waals surface area contributed by atoms with Gasteiger partial charge in [-0.1, -0.05) is 36.0 Å². The smallest absolute Gasteiger partial charge is 0.187 e. The Morgan fingerprint density at radius 2 is 2.38 bits per heavy atom. The van der Waals surface area contributed by atoms with Crippen LogP contribution < -0.4 is 5.73 Å². The van der Waals surface area contributed by atoms with Crippen molar-refractivity contribution < 1.29 is 0 Å². The summed E-state index contributed by atoms with van der Waals surface area (Å²) < 4.78 is 0. The number of hydrogen-bond donors (Lipinski definition) is 2. The zero-order valence-corrected chi connectivity index (χ0v) is 7.77. The van der Waals surface area contributed by atoms with E-state index in [1.807, 2.05) is 18.2 Å². The van der Waals surface area contributed by atoms with Crippen LogP contribution in [-0.4, -0.2) is 5.17 Å². The van der Waals surface area contributed by atoms with Gasteiger partial charge in [-0.05, 0) is 5.56 Å². The maximum Gasteiger partial charge on any atom is 0.187 e. The summed E-state index contributed by atoms with van der Waals surface area (Å²) in [5.74, 6) is 0.651. The van der Waals surface area contributed by atoms with E-state index in [2.05, 4.69) is 4.85 Å². The summed E-state index contributed by atoms with van der Waals surface area (Å²) in [4.78, 5) is 3.31. The van der Waals surface area contributed by atoms with Crippen LogP contribution >= 0.6 is 11.8 Å². The SMILES string of the molecule is [C-]#[N+]c1cccc(CSC(=N)N)c1. The van der Waals surface area contributed by atoms with Crippen LogP contribution in [-0.2, 0) is 5.75 Å². The number of hydrogen-bond acceptors (Lipinski definition) is 2. The minimum Gasteiger partial charge on any atom is -0.379 e. The van der Waals surface area contributed by atoms with Crippen molar-refractivity contribution in [2.45, 2.75) is 5.75 Å². The summed E-state index contributed by atoms with van der Waals surface area (Å²) in [6, 6.07) is 7.33. The lowest BCUT2D eigenvalue weighted by atomic mass is 10.2. The van der Waals surface area contributed by atoms with Gasteiger partial charge in [0.1, 0.15) is 0 Å². The lowest BCUT2D eigenvalue weighted by molar-refractivity contribution is 1.42. The molecule has 0 fully saturated rings. The molecular formula is C9H9N3S. The second kappa shape index (κ2) is 4.53. The van der Waals surface area contributed by atoms with E-state index in [1.54, 1.807) is 6.07 Å². The number of benzene rings is 1. The Kier molecular flexibility index (Phi) is 3.35. The van der Waals surface area contributed by atoms with E-state index < -0.39 is 0 Å². The van der Waals surface area contributed by atoms with E-state index in [-0.39, 0.29) is 5.17 Å². The highest BCUT2D eigenvalue weighted by atomic mass is 32.2. The van der Waals surface area contributed by atoms with Crippen molar-refractivity contribution in [2.24, 2.45) is 5.73 Å². The van der Waals surface area contributed by atoms with Crippen molar-refractivity contribution in [3.63, 3.8) is 0 Å². The van der Waals surface area contributed by atoms with Crippen molar-refractivity contribution in [1.29, 1.82) is 5.41 Å². The van der Waals surface area contributed by atoms with Crippen LogP contribution in [0.5, 0.6) is 0 Å². The third kappa shape index (κ3) is 3.18. The van der Waals surface area contributed by atoms with Gasteiger partial charge in [0, 0.05) is 5.75 Å². The van der Waals surface area contributed by atoms with E-state index in [1.165, 1.54) is 11.8 Å². The largest absolute Gasteiger partial charge is 0.379 e. The molecule has 13 heavy (non-hydrogen) atoms. The molecule has 4 heteroatoms. The summed E-state index contributed by atoms with van der Waals surface area (Å²) in [6.07, 6.45) is 0. The van der Waals surface area contributed by atoms with Gasteiger partial charge in [-0.25, -0.2) is 4.85 Å². The lowest BCUT2D eigenvalue weighted by Gasteiger charge is -1.99. The number of thioether (sulfide) groups is 1. The fourth-order valence-corrected chi connectivity index (χ4v) is 1.38. The molecule has 66 valence electrons. The highest BCUT2D eigenvalue weighted by molar-refractivity contribution is 8.13. The van der Waals surface area contributed by atoms with E-state index >= 15 is 0 Å². The van der Waals surface area contributed by atoms with Crippen LogP contribution in [0.3, 0.4) is 0 Å². The van der Waals surface area contributed by atoms with Crippen molar-refractivity contribution >= 4 is 22.6 Å². The second-order valence-corrected chi connectivity index (χ2v) is 3.45. The van der Waals surface area contributed by atoms with Crippen LogP contribution in [0.2, 0.25) is 0 Å². The molecular weight excluding hydrogens is 182 g/mol. The molecule has 1 aromatic carbocycles. The van der Waals surface area contributed by atoms with Crippen molar-refractivity contribution in [2.75, 3.05) is 0 Å². The Balaban J connectivity index is 2.68. The highest BCUT2D eigenvalue weighted by Crippen LogP contribution is 2.17. The van der Waals surface area contributed by atoms with Gasteiger partial charge in [0.2, 0.25) is 0 Å². The maximum atomic E-state index is 7.02. The number of nitrogens with one attached hydrogen (secondary N) is 1. The monoisotopic (exact) mass is 191 g/mol. The molecule has 0 radical (unpaired) electrons. The molecule has 3 nitrogen and oxygen atoms in total. The van der Waals surface area contributed by atoms with Crippen LogP contribution in [0.25, 0.3) is 4.85 Å². The molecule has 0 aliphatic rings.